The van der Waals surface area contributed by atoms with Gasteiger partial charge in [0.1, 0.15) is 0 Å². The quantitative estimate of drug-likeness (QED) is 0.932. The summed E-state index contributed by atoms with van der Waals surface area (Å²) < 4.78 is 1.90. The molecule has 0 saturated heterocycles. The summed E-state index contributed by atoms with van der Waals surface area (Å²) in [4.78, 5) is 0. The average Bonchev–Trinajstić information content (AvgIpc) is 2.63. The molecule has 108 valence electrons. The molecule has 2 aromatic rings. The van der Waals surface area contributed by atoms with Gasteiger partial charge in [-0.3, -0.25) is 4.68 Å². The zero-order valence-corrected chi connectivity index (χ0v) is 13.0. The van der Waals surface area contributed by atoms with Crippen molar-refractivity contribution in [3.8, 4) is 0 Å². The van der Waals surface area contributed by atoms with E-state index < -0.39 is 0 Å². The molecule has 1 fully saturated rings. The lowest BCUT2D eigenvalue weighted by molar-refractivity contribution is 0.128. The summed E-state index contributed by atoms with van der Waals surface area (Å²) in [6, 6.07) is 8.22. The van der Waals surface area contributed by atoms with Crippen molar-refractivity contribution in [2.75, 3.05) is 0 Å². The van der Waals surface area contributed by atoms with Crippen LogP contribution in [0.1, 0.15) is 33.4 Å². The Morgan fingerprint density at radius 3 is 2.40 bits per heavy atom. The lowest BCUT2D eigenvalue weighted by atomic mass is 10.0. The van der Waals surface area contributed by atoms with Gasteiger partial charge in [0.15, 0.2) is 0 Å². The lowest BCUT2D eigenvalue weighted by Crippen LogP contribution is -2.18. The molecule has 0 bridgehead atoms. The van der Waals surface area contributed by atoms with Crippen molar-refractivity contribution in [3.63, 3.8) is 0 Å². The minimum atomic E-state index is -0.321. The number of hydrogen-bond acceptors (Lipinski definition) is 2. The molecule has 1 unspecified atom stereocenters. The zero-order valence-electron chi connectivity index (χ0n) is 13.0. The van der Waals surface area contributed by atoms with E-state index >= 15 is 0 Å². The van der Waals surface area contributed by atoms with E-state index in [1.165, 1.54) is 0 Å². The number of nitrogens with zero attached hydrogens (tertiary/aromatic N) is 2. The molecule has 0 amide bonds. The Labute approximate surface area is 120 Å². The van der Waals surface area contributed by atoms with Gasteiger partial charge in [0.25, 0.3) is 0 Å². The Hall–Kier alpha value is -1.35. The summed E-state index contributed by atoms with van der Waals surface area (Å²) in [6.45, 7) is 8.99. The molecule has 3 rings (SSSR count). The molecule has 1 atom stereocenters. The topological polar surface area (TPSA) is 38.0 Å². The highest BCUT2D eigenvalue weighted by Crippen LogP contribution is 2.69. The molecule has 1 aliphatic rings. The molecule has 3 nitrogen and oxygen atoms in total. The van der Waals surface area contributed by atoms with Gasteiger partial charge in [-0.05, 0) is 22.8 Å². The Balaban J connectivity index is 1.88. The second-order valence-electron chi connectivity index (χ2n) is 7.28. The third-order valence-electron chi connectivity index (χ3n) is 5.75. The van der Waals surface area contributed by atoms with Gasteiger partial charge in [-0.1, -0.05) is 45.9 Å². The maximum Gasteiger partial charge on any atom is 0.0729 e. The molecule has 3 heteroatoms. The second kappa shape index (κ2) is 4.08. The SMILES string of the molecule is Cn1nc(CC(O)C2C(C)(C)C2(C)C)c2ccccc21. The number of aromatic nitrogens is 2. The van der Waals surface area contributed by atoms with E-state index in [0.29, 0.717) is 12.3 Å². The number of benzene rings is 1. The third kappa shape index (κ3) is 1.72. The standard InChI is InChI=1S/C17H24N2O/c1-16(2)15(17(16,3)4)14(20)10-12-11-8-6-7-9-13(11)19(5)18-12/h6-9,14-15,20H,10H2,1-5H3. The molecule has 1 N–H and O–H groups in total. The molecule has 0 radical (unpaired) electrons. The van der Waals surface area contributed by atoms with Gasteiger partial charge in [-0.2, -0.15) is 5.10 Å². The van der Waals surface area contributed by atoms with Gasteiger partial charge >= 0.3 is 0 Å². The van der Waals surface area contributed by atoms with Crippen LogP contribution in [0.5, 0.6) is 0 Å². The second-order valence-corrected chi connectivity index (χ2v) is 7.28. The Bertz CT molecular complexity index is 640. The van der Waals surface area contributed by atoms with Crippen LogP contribution in [0, 0.1) is 16.7 Å². The summed E-state index contributed by atoms with van der Waals surface area (Å²) >= 11 is 0. The van der Waals surface area contributed by atoms with E-state index in [0.717, 1.165) is 16.6 Å². The molecule has 1 aromatic carbocycles. The van der Waals surface area contributed by atoms with Crippen molar-refractivity contribution in [3.05, 3.63) is 30.0 Å². The van der Waals surface area contributed by atoms with Crippen LogP contribution in [0.25, 0.3) is 10.9 Å². The number of aliphatic hydroxyl groups is 1. The maximum atomic E-state index is 10.6. The molecule has 0 aliphatic heterocycles. The van der Waals surface area contributed by atoms with Gasteiger partial charge < -0.3 is 5.11 Å². The molecule has 1 aromatic heterocycles. The first kappa shape index (κ1) is 13.6. The Kier molecular flexibility index (Phi) is 2.78. The summed E-state index contributed by atoms with van der Waals surface area (Å²) in [6.07, 6.45) is 0.317. The monoisotopic (exact) mass is 272 g/mol. The van der Waals surface area contributed by atoms with Crippen molar-refractivity contribution < 1.29 is 5.11 Å². The largest absolute Gasteiger partial charge is 0.392 e. The van der Waals surface area contributed by atoms with E-state index in [9.17, 15) is 5.11 Å². The van der Waals surface area contributed by atoms with Crippen LogP contribution >= 0.6 is 0 Å². The highest BCUT2D eigenvalue weighted by atomic mass is 16.3. The predicted octanol–water partition coefficient (Wildman–Crippen LogP) is 3.16. The minimum Gasteiger partial charge on any atom is -0.392 e. The normalized spacial score (nSPS) is 22.1. The fraction of sp³-hybridized carbons (Fsp3) is 0.588. The highest BCUT2D eigenvalue weighted by Gasteiger charge is 2.66. The maximum absolute atomic E-state index is 10.6. The molecule has 0 spiro atoms. The van der Waals surface area contributed by atoms with E-state index in [1.54, 1.807) is 0 Å². The smallest absolute Gasteiger partial charge is 0.0729 e. The molecular weight excluding hydrogens is 248 g/mol. The number of aryl methyl sites for hydroxylation is 1. The fourth-order valence-corrected chi connectivity index (χ4v) is 3.96. The number of aliphatic hydroxyl groups excluding tert-OH is 1. The minimum absolute atomic E-state index is 0.205. The summed E-state index contributed by atoms with van der Waals surface area (Å²) in [5, 5.41) is 16.4. The highest BCUT2D eigenvalue weighted by molar-refractivity contribution is 5.81. The molecule has 1 aliphatic carbocycles. The zero-order chi connectivity index (χ0) is 14.7. The van der Waals surface area contributed by atoms with Gasteiger partial charge in [0.2, 0.25) is 0 Å². The van der Waals surface area contributed by atoms with Crippen LogP contribution in [-0.4, -0.2) is 21.0 Å². The van der Waals surface area contributed by atoms with E-state index in [2.05, 4.69) is 44.9 Å². The average molecular weight is 272 g/mol. The van der Waals surface area contributed by atoms with E-state index in [1.807, 2.05) is 23.9 Å². The number of rotatable bonds is 3. The number of para-hydroxylation sites is 1. The van der Waals surface area contributed by atoms with E-state index in [4.69, 9.17) is 0 Å². The van der Waals surface area contributed by atoms with Gasteiger partial charge in [0, 0.05) is 18.9 Å². The van der Waals surface area contributed by atoms with Crippen LogP contribution in [0.4, 0.5) is 0 Å². The van der Waals surface area contributed by atoms with Crippen molar-refractivity contribution in [2.45, 2.75) is 40.2 Å². The molecule has 20 heavy (non-hydrogen) atoms. The van der Waals surface area contributed by atoms with Crippen molar-refractivity contribution in [1.82, 2.24) is 9.78 Å². The Morgan fingerprint density at radius 2 is 1.80 bits per heavy atom. The predicted molar refractivity (Wildman–Crippen MR) is 81.5 cm³/mol. The lowest BCUT2D eigenvalue weighted by Gasteiger charge is -2.11. The molecule has 1 heterocycles. The van der Waals surface area contributed by atoms with Gasteiger partial charge in [-0.25, -0.2) is 0 Å². The molecule has 1 saturated carbocycles. The van der Waals surface area contributed by atoms with Gasteiger partial charge in [-0.15, -0.1) is 0 Å². The first-order valence-corrected chi connectivity index (χ1v) is 7.35. The number of fused-ring (bicyclic) bond motifs is 1. The van der Waals surface area contributed by atoms with Crippen LogP contribution < -0.4 is 0 Å². The van der Waals surface area contributed by atoms with Gasteiger partial charge in [0.05, 0.1) is 17.3 Å². The Morgan fingerprint density at radius 1 is 1.20 bits per heavy atom. The number of hydrogen-bond donors (Lipinski definition) is 1. The fourth-order valence-electron chi connectivity index (χ4n) is 3.96. The van der Waals surface area contributed by atoms with E-state index in [-0.39, 0.29) is 16.9 Å². The molecular formula is C17H24N2O. The van der Waals surface area contributed by atoms with Crippen molar-refractivity contribution in [2.24, 2.45) is 23.8 Å². The van der Waals surface area contributed by atoms with Crippen molar-refractivity contribution >= 4 is 10.9 Å². The van der Waals surface area contributed by atoms with Crippen LogP contribution in [0.3, 0.4) is 0 Å². The van der Waals surface area contributed by atoms with Crippen LogP contribution in [0.2, 0.25) is 0 Å². The van der Waals surface area contributed by atoms with Crippen LogP contribution in [0.15, 0.2) is 24.3 Å². The third-order valence-corrected chi connectivity index (χ3v) is 5.75. The van der Waals surface area contributed by atoms with Crippen LogP contribution in [-0.2, 0) is 13.5 Å². The summed E-state index contributed by atoms with van der Waals surface area (Å²) in [7, 11) is 1.96. The first-order valence-electron chi connectivity index (χ1n) is 7.35. The van der Waals surface area contributed by atoms with Crippen molar-refractivity contribution in [1.29, 1.82) is 0 Å². The summed E-state index contributed by atoms with van der Waals surface area (Å²) in [5.74, 6) is 0.343. The summed E-state index contributed by atoms with van der Waals surface area (Å²) in [5.41, 5.74) is 2.55. The first-order chi connectivity index (χ1) is 9.26.